The molecule has 0 bridgehead atoms. The first-order valence-electron chi connectivity index (χ1n) is 12.2. The molecule has 0 amide bonds. The van der Waals surface area contributed by atoms with Crippen molar-refractivity contribution < 1.29 is 23.7 Å². The number of hydrogen-bond donors (Lipinski definition) is 0. The maximum absolute atomic E-state index is 10.9. The second-order valence-corrected chi connectivity index (χ2v) is 9.95. The summed E-state index contributed by atoms with van der Waals surface area (Å²) in [7, 11) is 3.39. The van der Waals surface area contributed by atoms with E-state index in [2.05, 4.69) is 24.5 Å². The van der Waals surface area contributed by atoms with Crippen molar-refractivity contribution in [2.45, 2.75) is 62.5 Å². The van der Waals surface area contributed by atoms with E-state index in [1.807, 2.05) is 36.0 Å². The fourth-order valence-electron chi connectivity index (χ4n) is 4.83. The van der Waals surface area contributed by atoms with E-state index in [4.69, 9.17) is 18.9 Å². The van der Waals surface area contributed by atoms with Gasteiger partial charge in [0.2, 0.25) is 0 Å². The van der Waals surface area contributed by atoms with Gasteiger partial charge in [-0.05, 0) is 48.4 Å². The van der Waals surface area contributed by atoms with Crippen molar-refractivity contribution in [1.29, 1.82) is 0 Å². The number of unbranched alkanes of at least 4 members (excludes halogenated alkanes) is 5. The zero-order valence-electron chi connectivity index (χ0n) is 20.9. The molecule has 3 rings (SSSR count). The molecule has 0 saturated heterocycles. The van der Waals surface area contributed by atoms with Gasteiger partial charge in [-0.1, -0.05) is 50.3 Å². The van der Waals surface area contributed by atoms with Gasteiger partial charge in [0.25, 0.3) is 0 Å². The highest BCUT2D eigenvalue weighted by Gasteiger charge is 2.45. The molecule has 186 valence electrons. The van der Waals surface area contributed by atoms with Gasteiger partial charge in [-0.25, -0.2) is 0 Å². The van der Waals surface area contributed by atoms with E-state index in [0.717, 1.165) is 36.5 Å². The average Bonchev–Trinajstić information content (AvgIpc) is 2.87. The van der Waals surface area contributed by atoms with Crippen molar-refractivity contribution in [2.75, 3.05) is 33.7 Å². The Morgan fingerprint density at radius 2 is 1.62 bits per heavy atom. The van der Waals surface area contributed by atoms with Crippen LogP contribution in [-0.4, -0.2) is 39.7 Å². The Kier molecular flexibility index (Phi) is 10.00. The summed E-state index contributed by atoms with van der Waals surface area (Å²) >= 11 is 1.88. The third-order valence-corrected chi connectivity index (χ3v) is 8.10. The van der Waals surface area contributed by atoms with Crippen molar-refractivity contribution in [1.82, 2.24) is 0 Å². The van der Waals surface area contributed by atoms with Crippen LogP contribution in [0, 0.1) is 0 Å². The van der Waals surface area contributed by atoms with Crippen LogP contribution in [0.25, 0.3) is 0 Å². The Balaban J connectivity index is 1.70. The molecule has 0 unspecified atom stereocenters. The molecule has 34 heavy (non-hydrogen) atoms. The lowest BCUT2D eigenvalue weighted by Gasteiger charge is -2.44. The quantitative estimate of drug-likeness (QED) is 0.231. The lowest BCUT2D eigenvalue weighted by molar-refractivity contribution is -0.141. The van der Waals surface area contributed by atoms with E-state index < -0.39 is 0 Å². The summed E-state index contributed by atoms with van der Waals surface area (Å²) in [6.45, 7) is 2.63. The lowest BCUT2D eigenvalue weighted by atomic mass is 9.76. The second-order valence-electron chi connectivity index (χ2n) is 8.82. The van der Waals surface area contributed by atoms with E-state index in [9.17, 15) is 4.79 Å². The Hall–Kier alpha value is -2.34. The van der Waals surface area contributed by atoms with Crippen LogP contribution in [0.15, 0.2) is 42.5 Å². The Labute approximate surface area is 208 Å². The highest BCUT2D eigenvalue weighted by Crippen LogP contribution is 2.55. The van der Waals surface area contributed by atoms with Crippen molar-refractivity contribution >= 4 is 17.7 Å². The van der Waals surface area contributed by atoms with Gasteiger partial charge in [0.05, 0.1) is 25.6 Å². The maximum Gasteiger partial charge on any atom is 0.302 e. The molecule has 0 aliphatic carbocycles. The Bertz CT molecular complexity index is 914. The number of ether oxygens (including phenoxy) is 4. The monoisotopic (exact) mass is 486 g/mol. The zero-order chi connectivity index (χ0) is 24.4. The summed E-state index contributed by atoms with van der Waals surface area (Å²) in [5.74, 6) is 2.78. The minimum Gasteiger partial charge on any atom is -0.497 e. The molecule has 6 heteroatoms. The number of esters is 1. The van der Waals surface area contributed by atoms with E-state index in [0.29, 0.717) is 19.1 Å². The van der Waals surface area contributed by atoms with Gasteiger partial charge in [0, 0.05) is 18.9 Å². The predicted octanol–water partition coefficient (Wildman–Crippen LogP) is 6.73. The molecular weight excluding hydrogens is 448 g/mol. The summed E-state index contributed by atoms with van der Waals surface area (Å²) < 4.78 is 22.0. The van der Waals surface area contributed by atoms with Gasteiger partial charge in [-0.15, -0.1) is 11.8 Å². The highest BCUT2D eigenvalue weighted by molar-refractivity contribution is 7.99. The minimum absolute atomic E-state index is 0.155. The van der Waals surface area contributed by atoms with Crippen LogP contribution in [0.5, 0.6) is 17.2 Å². The molecule has 0 aromatic heterocycles. The third kappa shape index (κ3) is 6.41. The van der Waals surface area contributed by atoms with Crippen molar-refractivity contribution in [2.24, 2.45) is 0 Å². The smallest absolute Gasteiger partial charge is 0.302 e. The second kappa shape index (κ2) is 12.9. The van der Waals surface area contributed by atoms with Crippen molar-refractivity contribution in [3.8, 4) is 17.2 Å². The van der Waals surface area contributed by atoms with Crippen LogP contribution < -0.4 is 14.2 Å². The standard InChI is InChI=1S/C28H38O5S/c1-21(29)32-18-10-8-6-5-7-9-11-26-25-17-16-24(31-3)19-27(25)33-20-28(26,34-4)22-12-14-23(30-2)15-13-22/h12-17,19,26H,5-11,18,20H2,1-4H3/t26-,28+/m0/s1. The Morgan fingerprint density at radius 1 is 0.971 bits per heavy atom. The molecule has 2 aromatic rings. The molecule has 0 radical (unpaired) electrons. The van der Waals surface area contributed by atoms with Gasteiger partial charge in [-0.3, -0.25) is 4.79 Å². The Morgan fingerprint density at radius 3 is 2.26 bits per heavy atom. The molecule has 0 saturated carbocycles. The zero-order valence-corrected chi connectivity index (χ0v) is 21.7. The van der Waals surface area contributed by atoms with Crippen LogP contribution in [0.2, 0.25) is 0 Å². The molecule has 1 aliphatic rings. The molecule has 5 nitrogen and oxygen atoms in total. The van der Waals surface area contributed by atoms with Gasteiger partial charge < -0.3 is 18.9 Å². The topological polar surface area (TPSA) is 54.0 Å². The third-order valence-electron chi connectivity index (χ3n) is 6.74. The van der Waals surface area contributed by atoms with E-state index in [1.54, 1.807) is 14.2 Å². The summed E-state index contributed by atoms with van der Waals surface area (Å²) in [5.41, 5.74) is 2.54. The molecule has 0 fully saturated rings. The molecule has 1 aliphatic heterocycles. The normalized spacial score (nSPS) is 19.1. The van der Waals surface area contributed by atoms with Crippen LogP contribution in [0.4, 0.5) is 0 Å². The van der Waals surface area contributed by atoms with Crippen LogP contribution in [0.1, 0.15) is 68.9 Å². The van der Waals surface area contributed by atoms with Gasteiger partial charge in [-0.2, -0.15) is 0 Å². The fraction of sp³-hybridized carbons (Fsp3) is 0.536. The number of fused-ring (bicyclic) bond motifs is 1. The summed E-state index contributed by atoms with van der Waals surface area (Å²) in [6, 6.07) is 14.7. The van der Waals surface area contributed by atoms with E-state index >= 15 is 0 Å². The predicted molar refractivity (Wildman–Crippen MR) is 138 cm³/mol. The molecule has 2 aromatic carbocycles. The summed E-state index contributed by atoms with van der Waals surface area (Å²) in [6.07, 6.45) is 10.1. The van der Waals surface area contributed by atoms with Crippen LogP contribution >= 0.6 is 11.8 Å². The lowest BCUT2D eigenvalue weighted by Crippen LogP contribution is -2.40. The molecule has 2 atom stereocenters. The number of carbonyl (C=O) groups excluding carboxylic acids is 1. The first kappa shape index (κ1) is 26.3. The summed E-state index contributed by atoms with van der Waals surface area (Å²) in [5, 5.41) is 0. The van der Waals surface area contributed by atoms with Gasteiger partial charge in [0.1, 0.15) is 23.9 Å². The van der Waals surface area contributed by atoms with Gasteiger partial charge >= 0.3 is 5.97 Å². The fourth-order valence-corrected chi connectivity index (χ4v) is 5.91. The SMILES string of the molecule is COc1ccc([C@]2(SC)COc3cc(OC)ccc3[C@@H]2CCCCCCCCOC(C)=O)cc1. The number of hydrogen-bond acceptors (Lipinski definition) is 6. The summed E-state index contributed by atoms with van der Waals surface area (Å²) in [4.78, 5) is 10.9. The maximum atomic E-state index is 10.9. The van der Waals surface area contributed by atoms with Gasteiger partial charge in [0.15, 0.2) is 0 Å². The molecular formula is C28H38O5S. The molecule has 1 heterocycles. The van der Waals surface area contributed by atoms with E-state index in [-0.39, 0.29) is 10.7 Å². The molecule has 0 N–H and O–H groups in total. The van der Waals surface area contributed by atoms with Crippen LogP contribution in [0.3, 0.4) is 0 Å². The number of thioether (sulfide) groups is 1. The van der Waals surface area contributed by atoms with Crippen molar-refractivity contribution in [3.05, 3.63) is 53.6 Å². The number of carbonyl (C=O) groups is 1. The number of methoxy groups -OCH3 is 2. The first-order chi connectivity index (χ1) is 16.5. The number of benzene rings is 2. The highest BCUT2D eigenvalue weighted by atomic mass is 32.2. The minimum atomic E-state index is -0.191. The largest absolute Gasteiger partial charge is 0.497 e. The first-order valence-corrected chi connectivity index (χ1v) is 13.4. The van der Waals surface area contributed by atoms with E-state index in [1.165, 1.54) is 43.7 Å². The molecule has 0 spiro atoms. The van der Waals surface area contributed by atoms with Crippen molar-refractivity contribution in [3.63, 3.8) is 0 Å². The number of rotatable bonds is 13. The van der Waals surface area contributed by atoms with Crippen LogP contribution in [-0.2, 0) is 14.3 Å². The average molecular weight is 487 g/mol.